The highest BCUT2D eigenvalue weighted by molar-refractivity contribution is 7.88. The Bertz CT molecular complexity index is 816. The summed E-state index contributed by atoms with van der Waals surface area (Å²) in [7, 11) is -3.11. The van der Waals surface area contributed by atoms with Gasteiger partial charge in [-0.25, -0.2) is 17.7 Å². The number of hydrogen-bond acceptors (Lipinski definition) is 6. The largest absolute Gasteiger partial charge is 0.366 e. The predicted molar refractivity (Wildman–Crippen MR) is 119 cm³/mol. The summed E-state index contributed by atoms with van der Waals surface area (Å²) in [5, 5.41) is 7.07. The minimum absolute atomic E-state index is 0.184. The van der Waals surface area contributed by atoms with Crippen molar-refractivity contribution in [2.45, 2.75) is 65.0 Å². The van der Waals surface area contributed by atoms with Crippen LogP contribution in [0.25, 0.3) is 6.08 Å². The highest BCUT2D eigenvalue weighted by atomic mass is 32.2. The SMILES string of the molecule is CC(C)/C=C/c1cnc(NC2CCN(S(C)(=O)=O)CC2)nc1NC1CCCC1C. The van der Waals surface area contributed by atoms with Gasteiger partial charge in [-0.3, -0.25) is 0 Å². The second-order valence-corrected chi connectivity index (χ2v) is 10.8. The number of hydrogen-bond donors (Lipinski definition) is 2. The number of sulfonamides is 1. The molecule has 1 aromatic heterocycles. The van der Waals surface area contributed by atoms with Gasteiger partial charge in [0.2, 0.25) is 16.0 Å². The molecule has 7 nitrogen and oxygen atoms in total. The van der Waals surface area contributed by atoms with Crippen molar-refractivity contribution in [2.24, 2.45) is 11.8 Å². The Morgan fingerprint density at radius 2 is 1.90 bits per heavy atom. The summed E-state index contributed by atoms with van der Waals surface area (Å²) in [5.74, 6) is 2.60. The quantitative estimate of drug-likeness (QED) is 0.700. The van der Waals surface area contributed by atoms with Crippen molar-refractivity contribution in [2.75, 3.05) is 30.0 Å². The number of rotatable bonds is 7. The first-order valence-electron chi connectivity index (χ1n) is 10.8. The number of nitrogens with one attached hydrogen (secondary N) is 2. The van der Waals surface area contributed by atoms with Crippen molar-refractivity contribution < 1.29 is 8.42 Å². The van der Waals surface area contributed by atoms with Gasteiger partial charge < -0.3 is 10.6 Å². The van der Waals surface area contributed by atoms with E-state index in [1.807, 2.05) is 6.20 Å². The lowest BCUT2D eigenvalue weighted by Crippen LogP contribution is -2.42. The van der Waals surface area contributed by atoms with Crippen LogP contribution in [0.1, 0.15) is 58.4 Å². The fraction of sp³-hybridized carbons (Fsp3) is 0.714. The number of aromatic nitrogens is 2. The summed E-state index contributed by atoms with van der Waals surface area (Å²) in [6.07, 6.45) is 12.6. The van der Waals surface area contributed by atoms with Gasteiger partial charge in [0.05, 0.1) is 6.26 Å². The van der Waals surface area contributed by atoms with Gasteiger partial charge in [0.25, 0.3) is 0 Å². The Hall–Kier alpha value is -1.67. The van der Waals surface area contributed by atoms with Crippen LogP contribution in [0.15, 0.2) is 12.3 Å². The summed E-state index contributed by atoms with van der Waals surface area (Å²) in [6.45, 7) is 7.68. The van der Waals surface area contributed by atoms with E-state index < -0.39 is 10.0 Å². The summed E-state index contributed by atoms with van der Waals surface area (Å²) >= 11 is 0. The summed E-state index contributed by atoms with van der Waals surface area (Å²) in [5.41, 5.74) is 1.01. The summed E-state index contributed by atoms with van der Waals surface area (Å²) in [6, 6.07) is 0.630. The molecule has 1 aromatic rings. The van der Waals surface area contributed by atoms with E-state index in [1.165, 1.54) is 25.5 Å². The van der Waals surface area contributed by atoms with Gasteiger partial charge in [-0.2, -0.15) is 4.98 Å². The molecule has 1 saturated heterocycles. The third kappa shape index (κ3) is 6.15. The van der Waals surface area contributed by atoms with Crippen LogP contribution in [0, 0.1) is 11.8 Å². The Balaban J connectivity index is 1.71. The fourth-order valence-electron chi connectivity index (χ4n) is 4.04. The van der Waals surface area contributed by atoms with Crippen molar-refractivity contribution in [3.8, 4) is 0 Å². The third-order valence-electron chi connectivity index (χ3n) is 5.92. The van der Waals surface area contributed by atoms with Gasteiger partial charge >= 0.3 is 0 Å². The first-order valence-corrected chi connectivity index (χ1v) is 12.6. The van der Waals surface area contributed by atoms with E-state index in [4.69, 9.17) is 4.98 Å². The van der Waals surface area contributed by atoms with Crippen molar-refractivity contribution >= 4 is 27.9 Å². The van der Waals surface area contributed by atoms with Crippen molar-refractivity contribution in [3.63, 3.8) is 0 Å². The van der Waals surface area contributed by atoms with Crippen molar-refractivity contribution in [1.82, 2.24) is 14.3 Å². The highest BCUT2D eigenvalue weighted by Gasteiger charge is 2.26. The van der Waals surface area contributed by atoms with Crippen LogP contribution < -0.4 is 10.6 Å². The molecule has 1 saturated carbocycles. The van der Waals surface area contributed by atoms with E-state index in [2.05, 4.69) is 48.5 Å². The van der Waals surface area contributed by atoms with E-state index in [9.17, 15) is 8.42 Å². The summed E-state index contributed by atoms with van der Waals surface area (Å²) in [4.78, 5) is 9.32. The second kappa shape index (κ2) is 9.43. The van der Waals surface area contributed by atoms with Crippen LogP contribution in [0.4, 0.5) is 11.8 Å². The average Bonchev–Trinajstić information content (AvgIpc) is 3.05. The minimum atomic E-state index is -3.11. The molecule has 2 fully saturated rings. The second-order valence-electron chi connectivity index (χ2n) is 8.84. The maximum absolute atomic E-state index is 11.7. The lowest BCUT2D eigenvalue weighted by molar-refractivity contribution is 0.331. The van der Waals surface area contributed by atoms with Gasteiger partial charge in [0.1, 0.15) is 5.82 Å². The molecule has 2 aliphatic rings. The maximum Gasteiger partial charge on any atom is 0.224 e. The number of allylic oxidation sites excluding steroid dienone is 1. The van der Waals surface area contributed by atoms with Gasteiger partial charge in [0, 0.05) is 36.9 Å². The van der Waals surface area contributed by atoms with Gasteiger partial charge in [-0.05, 0) is 37.5 Å². The van der Waals surface area contributed by atoms with E-state index in [1.54, 1.807) is 4.31 Å². The van der Waals surface area contributed by atoms with Gasteiger partial charge in [0.15, 0.2) is 0 Å². The average molecular weight is 422 g/mol. The molecule has 29 heavy (non-hydrogen) atoms. The van der Waals surface area contributed by atoms with E-state index in [0.29, 0.717) is 36.9 Å². The topological polar surface area (TPSA) is 87.2 Å². The summed E-state index contributed by atoms with van der Waals surface area (Å²) < 4.78 is 24.9. The third-order valence-corrected chi connectivity index (χ3v) is 7.22. The number of nitrogens with zero attached hydrogens (tertiary/aromatic N) is 3. The van der Waals surface area contributed by atoms with Crippen LogP contribution in [-0.2, 0) is 10.0 Å². The molecule has 0 radical (unpaired) electrons. The maximum atomic E-state index is 11.7. The molecular weight excluding hydrogens is 386 g/mol. The minimum Gasteiger partial charge on any atom is -0.366 e. The van der Waals surface area contributed by atoms with Crippen molar-refractivity contribution in [3.05, 3.63) is 17.8 Å². The molecule has 2 heterocycles. The predicted octanol–water partition coefficient (Wildman–Crippen LogP) is 3.58. The Morgan fingerprint density at radius 1 is 1.17 bits per heavy atom. The Morgan fingerprint density at radius 3 is 2.48 bits per heavy atom. The zero-order valence-corrected chi connectivity index (χ0v) is 18.9. The molecule has 8 heteroatoms. The van der Waals surface area contributed by atoms with Crippen LogP contribution in [0.5, 0.6) is 0 Å². The lowest BCUT2D eigenvalue weighted by atomic mass is 10.1. The first-order chi connectivity index (χ1) is 13.7. The molecule has 1 aliphatic heterocycles. The molecule has 2 N–H and O–H groups in total. The Kier molecular flexibility index (Phi) is 7.16. The number of anilines is 2. The molecule has 0 aromatic carbocycles. The van der Waals surface area contributed by atoms with Crippen LogP contribution >= 0.6 is 0 Å². The lowest BCUT2D eigenvalue weighted by Gasteiger charge is -2.30. The monoisotopic (exact) mass is 421 g/mol. The first kappa shape index (κ1) is 22.0. The molecule has 0 amide bonds. The molecule has 162 valence electrons. The fourth-order valence-corrected chi connectivity index (χ4v) is 4.92. The molecular formula is C21H35N5O2S. The zero-order valence-electron chi connectivity index (χ0n) is 18.1. The zero-order chi connectivity index (χ0) is 21.0. The normalized spacial score (nSPS) is 24.4. The molecule has 0 bridgehead atoms. The van der Waals surface area contributed by atoms with Crippen LogP contribution in [-0.4, -0.2) is 54.1 Å². The molecule has 2 unspecified atom stereocenters. The molecule has 3 rings (SSSR count). The molecule has 0 spiro atoms. The van der Waals surface area contributed by atoms with E-state index in [0.717, 1.165) is 24.2 Å². The van der Waals surface area contributed by atoms with E-state index in [-0.39, 0.29) is 6.04 Å². The number of piperidine rings is 1. The van der Waals surface area contributed by atoms with Crippen molar-refractivity contribution in [1.29, 1.82) is 0 Å². The van der Waals surface area contributed by atoms with E-state index >= 15 is 0 Å². The standard InChI is InChI=1S/C21H35N5O2S/c1-15(2)8-9-17-14-22-21(25-20(17)24-19-7-5-6-16(19)3)23-18-10-12-26(13-11-18)29(4,27)28/h8-9,14-16,18-19H,5-7,10-13H2,1-4H3,(H2,22,23,24,25)/b9-8+. The van der Waals surface area contributed by atoms with Gasteiger partial charge in [-0.1, -0.05) is 39.3 Å². The highest BCUT2D eigenvalue weighted by Crippen LogP contribution is 2.29. The molecule has 2 atom stereocenters. The van der Waals surface area contributed by atoms with Crippen LogP contribution in [0.2, 0.25) is 0 Å². The smallest absolute Gasteiger partial charge is 0.224 e. The van der Waals surface area contributed by atoms with Gasteiger partial charge in [-0.15, -0.1) is 0 Å². The molecule has 1 aliphatic carbocycles. The Labute approximate surface area is 175 Å². The van der Waals surface area contributed by atoms with Crippen LogP contribution in [0.3, 0.4) is 0 Å².